The predicted molar refractivity (Wildman–Crippen MR) is 106 cm³/mol. The summed E-state index contributed by atoms with van der Waals surface area (Å²) >= 11 is 0. The van der Waals surface area contributed by atoms with Crippen molar-refractivity contribution in [2.75, 3.05) is 26.8 Å². The molecule has 0 amide bonds. The molecule has 3 aliphatic heterocycles. The topological polar surface area (TPSA) is 91.3 Å². The van der Waals surface area contributed by atoms with Crippen LogP contribution in [0.5, 0.6) is 0 Å². The molecule has 1 N–H and O–H groups in total. The lowest BCUT2D eigenvalue weighted by molar-refractivity contribution is -0.111. The van der Waals surface area contributed by atoms with Gasteiger partial charge in [0.15, 0.2) is 5.78 Å². The Morgan fingerprint density at radius 1 is 1.27 bits per heavy atom. The Hall–Kier alpha value is -2.72. The number of hydrogen-bond acceptors (Lipinski definition) is 7. The Kier molecular flexibility index (Phi) is 4.26. The van der Waals surface area contributed by atoms with Crippen molar-refractivity contribution in [2.24, 2.45) is 16.3 Å². The second-order valence-corrected chi connectivity index (χ2v) is 10.2. The maximum atomic E-state index is 14.0. The number of sulfonamides is 1. The first-order valence-electron chi connectivity index (χ1n) is 9.69. The van der Waals surface area contributed by atoms with Crippen molar-refractivity contribution in [1.82, 2.24) is 14.7 Å². The van der Waals surface area contributed by atoms with Crippen LogP contribution < -0.4 is 5.48 Å². The van der Waals surface area contributed by atoms with Gasteiger partial charge in [0.2, 0.25) is 10.0 Å². The summed E-state index contributed by atoms with van der Waals surface area (Å²) < 4.78 is 40.8. The molecule has 1 saturated carbocycles. The van der Waals surface area contributed by atoms with Crippen LogP contribution in [-0.4, -0.2) is 56.1 Å². The number of carbonyl (C=O) groups is 1. The van der Waals surface area contributed by atoms with Gasteiger partial charge < -0.3 is 9.74 Å². The Bertz CT molecular complexity index is 1110. The van der Waals surface area contributed by atoms with E-state index in [2.05, 4.69) is 10.5 Å². The molecule has 1 aromatic carbocycles. The third-order valence-electron chi connectivity index (χ3n) is 6.24. The number of allylic oxidation sites excluding steroid dienone is 2. The molecule has 1 aromatic rings. The average Bonchev–Trinajstić information content (AvgIpc) is 2.82. The van der Waals surface area contributed by atoms with E-state index in [1.807, 2.05) is 11.9 Å². The first-order valence-corrected chi connectivity index (χ1v) is 11.1. The molecule has 3 heterocycles. The van der Waals surface area contributed by atoms with Crippen molar-refractivity contribution in [3.05, 3.63) is 53.6 Å². The normalized spacial score (nSPS) is 23.7. The third kappa shape index (κ3) is 2.85. The SMILES string of the molecule is CN1CN=C2ONC=CC(=O)C2=C1C1CC2(C1)CN(S(=O)(=O)c1ccccc1F)C2. The molecule has 30 heavy (non-hydrogen) atoms. The second kappa shape index (κ2) is 6.64. The summed E-state index contributed by atoms with van der Waals surface area (Å²) in [7, 11) is -1.95. The van der Waals surface area contributed by atoms with E-state index >= 15 is 0 Å². The van der Waals surface area contributed by atoms with Gasteiger partial charge in [-0.2, -0.15) is 4.31 Å². The maximum Gasteiger partial charge on any atom is 0.256 e. The van der Waals surface area contributed by atoms with E-state index in [0.717, 1.165) is 24.6 Å². The molecule has 0 aromatic heterocycles. The van der Waals surface area contributed by atoms with Crippen LogP contribution in [0.15, 0.2) is 57.7 Å². The quantitative estimate of drug-likeness (QED) is 0.777. The molecule has 1 aliphatic carbocycles. The number of aliphatic imine (C=N–C) groups is 1. The number of ketones is 1. The summed E-state index contributed by atoms with van der Waals surface area (Å²) in [6, 6.07) is 5.44. The van der Waals surface area contributed by atoms with E-state index < -0.39 is 15.8 Å². The lowest BCUT2D eigenvalue weighted by Gasteiger charge is -2.59. The van der Waals surface area contributed by atoms with Gasteiger partial charge in [0.05, 0.1) is 0 Å². The number of carbonyl (C=O) groups excluding carboxylic acids is 1. The minimum Gasteiger partial charge on any atom is -0.362 e. The van der Waals surface area contributed by atoms with Gasteiger partial charge in [-0.25, -0.2) is 23.3 Å². The molecule has 0 bridgehead atoms. The van der Waals surface area contributed by atoms with Crippen LogP contribution >= 0.6 is 0 Å². The van der Waals surface area contributed by atoms with E-state index in [-0.39, 0.29) is 27.9 Å². The number of nitrogens with one attached hydrogen (secondary N) is 1. The smallest absolute Gasteiger partial charge is 0.256 e. The molecule has 4 aliphatic rings. The number of halogens is 1. The van der Waals surface area contributed by atoms with Crippen molar-refractivity contribution in [3.63, 3.8) is 0 Å². The van der Waals surface area contributed by atoms with E-state index in [9.17, 15) is 17.6 Å². The van der Waals surface area contributed by atoms with Gasteiger partial charge in [-0.1, -0.05) is 12.1 Å². The molecule has 1 spiro atoms. The summed E-state index contributed by atoms with van der Waals surface area (Å²) in [6.45, 7) is 1.11. The van der Waals surface area contributed by atoms with Crippen molar-refractivity contribution in [2.45, 2.75) is 17.7 Å². The van der Waals surface area contributed by atoms with E-state index in [1.165, 1.54) is 34.8 Å². The van der Waals surface area contributed by atoms with Gasteiger partial charge in [0.1, 0.15) is 23.0 Å². The first kappa shape index (κ1) is 19.3. The average molecular weight is 432 g/mol. The van der Waals surface area contributed by atoms with Gasteiger partial charge in [-0.15, -0.1) is 0 Å². The highest BCUT2D eigenvalue weighted by Crippen LogP contribution is 2.56. The van der Waals surface area contributed by atoms with Gasteiger partial charge in [0.25, 0.3) is 5.90 Å². The molecule has 8 nitrogen and oxygen atoms in total. The molecule has 2 fully saturated rings. The lowest BCUT2D eigenvalue weighted by Crippen LogP contribution is -2.64. The summed E-state index contributed by atoms with van der Waals surface area (Å²) in [5.74, 6) is -0.496. The Morgan fingerprint density at radius 2 is 2.00 bits per heavy atom. The van der Waals surface area contributed by atoms with Crippen molar-refractivity contribution >= 4 is 21.7 Å². The lowest BCUT2D eigenvalue weighted by atomic mass is 9.57. The fraction of sp³-hybridized carbons (Fsp3) is 0.400. The van der Waals surface area contributed by atoms with E-state index in [1.54, 1.807) is 0 Å². The second-order valence-electron chi connectivity index (χ2n) is 8.29. The highest BCUT2D eigenvalue weighted by molar-refractivity contribution is 7.89. The zero-order valence-corrected chi connectivity index (χ0v) is 17.2. The van der Waals surface area contributed by atoms with Crippen molar-refractivity contribution in [3.8, 4) is 0 Å². The van der Waals surface area contributed by atoms with Gasteiger partial charge in [-0.3, -0.25) is 4.79 Å². The molecule has 1 saturated heterocycles. The maximum absolute atomic E-state index is 14.0. The Balaban J connectivity index is 1.33. The van der Waals surface area contributed by atoms with E-state index in [4.69, 9.17) is 4.84 Å². The summed E-state index contributed by atoms with van der Waals surface area (Å²) in [5.41, 5.74) is 3.80. The van der Waals surface area contributed by atoms with Crippen molar-refractivity contribution in [1.29, 1.82) is 0 Å². The highest BCUT2D eigenvalue weighted by atomic mass is 32.2. The summed E-state index contributed by atoms with van der Waals surface area (Å²) in [4.78, 5) is 23.9. The number of benzene rings is 1. The number of hydrogen-bond donors (Lipinski definition) is 1. The largest absolute Gasteiger partial charge is 0.362 e. The molecule has 158 valence electrons. The molecule has 0 atom stereocenters. The zero-order valence-electron chi connectivity index (χ0n) is 16.3. The van der Waals surface area contributed by atoms with Crippen LogP contribution in [-0.2, 0) is 19.7 Å². The van der Waals surface area contributed by atoms with Gasteiger partial charge >= 0.3 is 0 Å². The highest BCUT2D eigenvalue weighted by Gasteiger charge is 2.57. The summed E-state index contributed by atoms with van der Waals surface area (Å²) in [6.07, 6.45) is 4.37. The molecule has 10 heteroatoms. The standard InChI is InChI=1S/C20H21FN4O4S/c1-24-12-22-19-17(15(26)6-7-23-29-19)18(24)13-8-20(9-13)10-25(11-20)30(27,28)16-5-3-2-4-14(16)21/h2-7,13,23H,8-12H2,1H3. The monoisotopic (exact) mass is 432 g/mol. The first-order chi connectivity index (χ1) is 14.3. The van der Waals surface area contributed by atoms with Crippen LogP contribution in [0.25, 0.3) is 0 Å². The van der Waals surface area contributed by atoms with Crippen LogP contribution in [0.2, 0.25) is 0 Å². The van der Waals surface area contributed by atoms with Crippen molar-refractivity contribution < 1.29 is 22.4 Å². The van der Waals surface area contributed by atoms with Crippen LogP contribution in [0, 0.1) is 17.2 Å². The van der Waals surface area contributed by atoms with Gasteiger partial charge in [0, 0.05) is 44.0 Å². The zero-order chi connectivity index (χ0) is 21.1. The minimum atomic E-state index is -3.84. The fourth-order valence-electron chi connectivity index (χ4n) is 4.84. The van der Waals surface area contributed by atoms with Crippen LogP contribution in [0.4, 0.5) is 4.39 Å². The minimum absolute atomic E-state index is 0.118. The van der Waals surface area contributed by atoms with Gasteiger partial charge in [-0.05, 0) is 30.4 Å². The fourth-order valence-corrected chi connectivity index (χ4v) is 6.57. The summed E-state index contributed by atoms with van der Waals surface area (Å²) in [5, 5.41) is 0. The molecular weight excluding hydrogens is 411 g/mol. The Labute approximate surface area is 173 Å². The Morgan fingerprint density at radius 3 is 2.73 bits per heavy atom. The number of hydroxylamine groups is 1. The third-order valence-corrected chi connectivity index (χ3v) is 8.06. The number of rotatable bonds is 3. The molecule has 0 radical (unpaired) electrons. The molecular formula is C20H21FN4O4S. The van der Waals surface area contributed by atoms with E-state index in [0.29, 0.717) is 25.3 Å². The molecule has 5 rings (SSSR count). The van der Waals surface area contributed by atoms with Crippen LogP contribution in [0.3, 0.4) is 0 Å². The predicted octanol–water partition coefficient (Wildman–Crippen LogP) is 1.40. The van der Waals surface area contributed by atoms with Crippen LogP contribution in [0.1, 0.15) is 12.8 Å². The number of nitrogens with zero attached hydrogens (tertiary/aromatic N) is 3. The number of fused-ring (bicyclic) bond motifs is 1. The molecule has 0 unspecified atom stereocenters.